The maximum absolute atomic E-state index is 6.34. The number of hydrogen-bond acceptors (Lipinski definition) is 3. The highest BCUT2D eigenvalue weighted by Crippen LogP contribution is 2.30. The van der Waals surface area contributed by atoms with Crippen LogP contribution in [0.2, 0.25) is 5.02 Å². The van der Waals surface area contributed by atoms with E-state index >= 15 is 0 Å². The molecule has 2 unspecified atom stereocenters. The fourth-order valence-corrected chi connectivity index (χ4v) is 3.55. The van der Waals surface area contributed by atoms with Crippen molar-refractivity contribution in [2.75, 3.05) is 12.4 Å². The second kappa shape index (κ2) is 7.53. The molecule has 1 heterocycles. The smallest absolute Gasteiger partial charge is 0.0669 e. The lowest BCUT2D eigenvalue weighted by Crippen LogP contribution is -2.21. The molecule has 0 saturated carbocycles. The van der Waals surface area contributed by atoms with Crippen LogP contribution in [-0.4, -0.2) is 24.5 Å². The minimum Gasteiger partial charge on any atom is -0.377 e. The normalized spacial score (nSPS) is 20.7. The van der Waals surface area contributed by atoms with Crippen molar-refractivity contribution in [1.82, 2.24) is 0 Å². The van der Waals surface area contributed by atoms with E-state index in [4.69, 9.17) is 22.1 Å². The van der Waals surface area contributed by atoms with E-state index in [0.29, 0.717) is 6.10 Å². The van der Waals surface area contributed by atoms with E-state index in [9.17, 15) is 0 Å². The summed E-state index contributed by atoms with van der Waals surface area (Å²) in [6.07, 6.45) is 4.65. The van der Waals surface area contributed by atoms with Gasteiger partial charge in [-0.05, 0) is 43.4 Å². The van der Waals surface area contributed by atoms with Gasteiger partial charge in [-0.1, -0.05) is 24.6 Å². The SMILES string of the molecule is CCC(N)Cc1ccc(SCC2CCCO2)c(Cl)c1. The van der Waals surface area contributed by atoms with Gasteiger partial charge in [0.15, 0.2) is 0 Å². The number of thioether (sulfide) groups is 1. The van der Waals surface area contributed by atoms with E-state index < -0.39 is 0 Å². The Morgan fingerprint density at radius 2 is 2.37 bits per heavy atom. The summed E-state index contributed by atoms with van der Waals surface area (Å²) in [7, 11) is 0. The summed E-state index contributed by atoms with van der Waals surface area (Å²) in [4.78, 5) is 1.14. The minimum atomic E-state index is 0.224. The van der Waals surface area contributed by atoms with Crippen LogP contribution in [0.15, 0.2) is 23.1 Å². The number of hydrogen-bond donors (Lipinski definition) is 1. The first-order valence-corrected chi connectivity index (χ1v) is 8.33. The molecular formula is C15H22ClNOS. The molecule has 0 amide bonds. The second-order valence-corrected chi connectivity index (χ2v) is 6.55. The highest BCUT2D eigenvalue weighted by atomic mass is 35.5. The Morgan fingerprint density at radius 3 is 3.00 bits per heavy atom. The lowest BCUT2D eigenvalue weighted by molar-refractivity contribution is 0.129. The van der Waals surface area contributed by atoms with E-state index in [0.717, 1.165) is 35.1 Å². The van der Waals surface area contributed by atoms with Crippen LogP contribution in [0.5, 0.6) is 0 Å². The number of benzene rings is 1. The van der Waals surface area contributed by atoms with Crippen molar-refractivity contribution in [2.24, 2.45) is 5.73 Å². The molecule has 19 heavy (non-hydrogen) atoms. The van der Waals surface area contributed by atoms with E-state index in [-0.39, 0.29) is 6.04 Å². The molecule has 2 N–H and O–H groups in total. The van der Waals surface area contributed by atoms with E-state index in [1.807, 2.05) is 0 Å². The van der Waals surface area contributed by atoms with Crippen molar-refractivity contribution >= 4 is 23.4 Å². The van der Waals surface area contributed by atoms with E-state index in [1.165, 1.54) is 18.4 Å². The molecule has 1 fully saturated rings. The highest BCUT2D eigenvalue weighted by Gasteiger charge is 2.16. The van der Waals surface area contributed by atoms with Gasteiger partial charge in [0.05, 0.1) is 11.1 Å². The first kappa shape index (κ1) is 15.2. The number of nitrogens with two attached hydrogens (primary N) is 1. The summed E-state index contributed by atoms with van der Waals surface area (Å²) in [5.41, 5.74) is 7.19. The molecule has 0 radical (unpaired) electrons. The Balaban J connectivity index is 1.90. The average Bonchev–Trinajstić information content (AvgIpc) is 2.91. The summed E-state index contributed by atoms with van der Waals surface area (Å²) >= 11 is 8.13. The zero-order chi connectivity index (χ0) is 13.7. The Bertz CT molecular complexity index is 407. The summed E-state index contributed by atoms with van der Waals surface area (Å²) in [6.45, 7) is 3.02. The fraction of sp³-hybridized carbons (Fsp3) is 0.600. The van der Waals surface area contributed by atoms with Crippen LogP contribution in [0.4, 0.5) is 0 Å². The van der Waals surface area contributed by atoms with Gasteiger partial charge in [-0.25, -0.2) is 0 Å². The number of rotatable bonds is 6. The molecule has 2 rings (SSSR count). The molecule has 2 atom stereocenters. The Kier molecular flexibility index (Phi) is 6.02. The molecular weight excluding hydrogens is 278 g/mol. The Labute approximate surface area is 125 Å². The first-order valence-electron chi connectivity index (χ1n) is 6.97. The maximum Gasteiger partial charge on any atom is 0.0669 e. The lowest BCUT2D eigenvalue weighted by Gasteiger charge is -2.12. The van der Waals surface area contributed by atoms with Gasteiger partial charge in [-0.2, -0.15) is 0 Å². The van der Waals surface area contributed by atoms with Crippen LogP contribution in [0.3, 0.4) is 0 Å². The third-order valence-corrected chi connectivity index (χ3v) is 5.10. The van der Waals surface area contributed by atoms with Crippen molar-refractivity contribution in [1.29, 1.82) is 0 Å². The Morgan fingerprint density at radius 1 is 1.53 bits per heavy atom. The molecule has 0 aromatic heterocycles. The van der Waals surface area contributed by atoms with Gasteiger partial charge < -0.3 is 10.5 Å². The topological polar surface area (TPSA) is 35.2 Å². The maximum atomic E-state index is 6.34. The van der Waals surface area contributed by atoms with Gasteiger partial charge in [0, 0.05) is 23.3 Å². The average molecular weight is 300 g/mol. The molecule has 0 spiro atoms. The molecule has 1 aromatic rings. The first-order chi connectivity index (χ1) is 9.19. The third kappa shape index (κ3) is 4.67. The monoisotopic (exact) mass is 299 g/mol. The molecule has 2 nitrogen and oxygen atoms in total. The molecule has 0 aliphatic carbocycles. The van der Waals surface area contributed by atoms with Gasteiger partial charge in [0.25, 0.3) is 0 Å². The largest absolute Gasteiger partial charge is 0.377 e. The summed E-state index contributed by atoms with van der Waals surface area (Å²) in [5, 5.41) is 0.837. The minimum absolute atomic E-state index is 0.224. The van der Waals surface area contributed by atoms with E-state index in [2.05, 4.69) is 25.1 Å². The van der Waals surface area contributed by atoms with Gasteiger partial charge in [0.2, 0.25) is 0 Å². The van der Waals surface area contributed by atoms with Gasteiger partial charge in [0.1, 0.15) is 0 Å². The van der Waals surface area contributed by atoms with Crippen molar-refractivity contribution < 1.29 is 4.74 Å². The van der Waals surface area contributed by atoms with Crippen LogP contribution in [0.1, 0.15) is 31.7 Å². The van der Waals surface area contributed by atoms with Gasteiger partial charge >= 0.3 is 0 Å². The van der Waals surface area contributed by atoms with Crippen molar-refractivity contribution in [3.8, 4) is 0 Å². The summed E-state index contributed by atoms with van der Waals surface area (Å²) in [6, 6.07) is 6.52. The van der Waals surface area contributed by atoms with Crippen LogP contribution in [-0.2, 0) is 11.2 Å². The van der Waals surface area contributed by atoms with Crippen molar-refractivity contribution in [3.63, 3.8) is 0 Å². The summed E-state index contributed by atoms with van der Waals surface area (Å²) in [5.74, 6) is 0.994. The molecule has 106 valence electrons. The standard InChI is InChI=1S/C15H22ClNOS/c1-2-12(17)8-11-5-6-15(14(16)9-11)19-10-13-4-3-7-18-13/h5-6,9,12-13H,2-4,7-8,10,17H2,1H3. The molecule has 4 heteroatoms. The lowest BCUT2D eigenvalue weighted by atomic mass is 10.1. The fourth-order valence-electron chi connectivity index (χ4n) is 2.19. The molecule has 1 aliphatic rings. The molecule has 0 bridgehead atoms. The van der Waals surface area contributed by atoms with Crippen LogP contribution >= 0.6 is 23.4 Å². The zero-order valence-electron chi connectivity index (χ0n) is 11.4. The van der Waals surface area contributed by atoms with E-state index in [1.54, 1.807) is 11.8 Å². The van der Waals surface area contributed by atoms with Crippen LogP contribution < -0.4 is 5.73 Å². The second-order valence-electron chi connectivity index (χ2n) is 5.08. The zero-order valence-corrected chi connectivity index (χ0v) is 13.0. The molecule has 1 aliphatic heterocycles. The van der Waals surface area contributed by atoms with Crippen LogP contribution in [0, 0.1) is 0 Å². The molecule has 1 aromatic carbocycles. The van der Waals surface area contributed by atoms with Crippen molar-refractivity contribution in [3.05, 3.63) is 28.8 Å². The highest BCUT2D eigenvalue weighted by molar-refractivity contribution is 7.99. The predicted molar refractivity (Wildman–Crippen MR) is 83.1 cm³/mol. The third-order valence-electron chi connectivity index (χ3n) is 3.47. The number of ether oxygens (including phenoxy) is 1. The number of halogens is 1. The van der Waals surface area contributed by atoms with Gasteiger partial charge in [-0.3, -0.25) is 0 Å². The quantitative estimate of drug-likeness (QED) is 0.809. The van der Waals surface area contributed by atoms with Gasteiger partial charge in [-0.15, -0.1) is 11.8 Å². The molecule has 1 saturated heterocycles. The predicted octanol–water partition coefficient (Wildman–Crippen LogP) is 3.89. The van der Waals surface area contributed by atoms with Crippen LogP contribution in [0.25, 0.3) is 0 Å². The summed E-state index contributed by atoms with van der Waals surface area (Å²) < 4.78 is 5.62. The Hall–Kier alpha value is -0.220. The van der Waals surface area contributed by atoms with Crippen molar-refractivity contribution in [2.45, 2.75) is 49.6 Å².